The van der Waals surface area contributed by atoms with E-state index in [1.165, 1.54) is 44.1 Å². The lowest BCUT2D eigenvalue weighted by Gasteiger charge is -2.35. The topological polar surface area (TPSA) is 69.6 Å². The van der Waals surface area contributed by atoms with Gasteiger partial charge in [-0.1, -0.05) is 19.3 Å². The van der Waals surface area contributed by atoms with E-state index in [-0.39, 0.29) is 24.4 Å². The van der Waals surface area contributed by atoms with Gasteiger partial charge in [0.05, 0.1) is 12.6 Å². The van der Waals surface area contributed by atoms with Crippen LogP contribution in [-0.2, 0) is 16.0 Å². The van der Waals surface area contributed by atoms with Gasteiger partial charge in [0.25, 0.3) is 0 Å². The third-order valence-electron chi connectivity index (χ3n) is 7.94. The molecule has 0 radical (unpaired) electrons. The minimum atomic E-state index is -0.0670. The van der Waals surface area contributed by atoms with E-state index in [1.807, 2.05) is 4.90 Å². The molecule has 1 aromatic rings. The van der Waals surface area contributed by atoms with E-state index in [9.17, 15) is 9.59 Å². The SMILES string of the molecule is Cc1nc([C@@H]2CCCN2C(=O)CN2CCCC2=O)nc2c1CCCN2CC1CCCCC1. The second-order valence-electron chi connectivity index (χ2n) is 10.2. The van der Waals surface area contributed by atoms with Crippen LogP contribution in [0.1, 0.15) is 87.3 Å². The minimum absolute atomic E-state index is 0.0424. The highest BCUT2D eigenvalue weighted by Gasteiger charge is 2.35. The zero-order chi connectivity index (χ0) is 22.1. The molecule has 174 valence electrons. The van der Waals surface area contributed by atoms with Crippen molar-refractivity contribution in [2.24, 2.45) is 5.92 Å². The molecule has 3 fully saturated rings. The van der Waals surface area contributed by atoms with Gasteiger partial charge in [0.1, 0.15) is 5.82 Å². The maximum atomic E-state index is 13.1. The molecular formula is C25H37N5O2. The lowest BCUT2D eigenvalue weighted by Crippen LogP contribution is -2.41. The van der Waals surface area contributed by atoms with Crippen molar-refractivity contribution in [1.29, 1.82) is 0 Å². The first-order valence-electron chi connectivity index (χ1n) is 12.8. The van der Waals surface area contributed by atoms with E-state index in [2.05, 4.69) is 11.8 Å². The number of hydrogen-bond donors (Lipinski definition) is 0. The molecule has 2 saturated heterocycles. The Hall–Kier alpha value is -2.18. The minimum Gasteiger partial charge on any atom is -0.356 e. The Morgan fingerprint density at radius 3 is 2.47 bits per heavy atom. The first kappa shape index (κ1) is 21.7. The van der Waals surface area contributed by atoms with Crippen molar-refractivity contribution < 1.29 is 9.59 Å². The van der Waals surface area contributed by atoms with E-state index in [0.717, 1.165) is 68.6 Å². The molecule has 7 heteroatoms. The Balaban J connectivity index is 1.36. The van der Waals surface area contributed by atoms with Crippen LogP contribution in [0.4, 0.5) is 5.82 Å². The Morgan fingerprint density at radius 2 is 1.69 bits per heavy atom. The molecule has 3 aliphatic heterocycles. The van der Waals surface area contributed by atoms with Crippen LogP contribution in [0, 0.1) is 12.8 Å². The van der Waals surface area contributed by atoms with E-state index in [0.29, 0.717) is 13.0 Å². The summed E-state index contributed by atoms with van der Waals surface area (Å²) in [5, 5.41) is 0. The molecule has 4 heterocycles. The maximum absolute atomic E-state index is 13.1. The fraction of sp³-hybridized carbons (Fsp3) is 0.760. The van der Waals surface area contributed by atoms with Crippen molar-refractivity contribution in [3.05, 3.63) is 17.1 Å². The number of aromatic nitrogens is 2. The Kier molecular flexibility index (Phi) is 6.33. The number of hydrogen-bond acceptors (Lipinski definition) is 5. The second kappa shape index (κ2) is 9.36. The molecule has 7 nitrogen and oxygen atoms in total. The van der Waals surface area contributed by atoms with Crippen LogP contribution in [-0.4, -0.2) is 64.3 Å². The van der Waals surface area contributed by atoms with E-state index >= 15 is 0 Å². The van der Waals surface area contributed by atoms with E-state index < -0.39 is 0 Å². The number of rotatable bonds is 5. The number of carbonyl (C=O) groups excluding carboxylic acids is 2. The van der Waals surface area contributed by atoms with Crippen molar-refractivity contribution in [3.63, 3.8) is 0 Å². The number of nitrogens with zero attached hydrogens (tertiary/aromatic N) is 5. The summed E-state index contributed by atoms with van der Waals surface area (Å²) in [6.45, 7) is 5.92. The van der Waals surface area contributed by atoms with Crippen molar-refractivity contribution >= 4 is 17.6 Å². The number of likely N-dealkylation sites (tertiary alicyclic amines) is 2. The zero-order valence-electron chi connectivity index (χ0n) is 19.5. The van der Waals surface area contributed by atoms with Gasteiger partial charge in [-0.2, -0.15) is 0 Å². The highest BCUT2D eigenvalue weighted by atomic mass is 16.2. The largest absolute Gasteiger partial charge is 0.356 e. The summed E-state index contributed by atoms with van der Waals surface area (Å²) in [5.74, 6) is 2.85. The molecule has 0 bridgehead atoms. The summed E-state index contributed by atoms with van der Waals surface area (Å²) >= 11 is 0. The number of anilines is 1. The quantitative estimate of drug-likeness (QED) is 0.703. The van der Waals surface area contributed by atoms with Gasteiger partial charge >= 0.3 is 0 Å². The summed E-state index contributed by atoms with van der Waals surface area (Å²) in [5.41, 5.74) is 2.38. The Morgan fingerprint density at radius 1 is 0.906 bits per heavy atom. The number of aryl methyl sites for hydroxylation is 1. The normalized spacial score (nSPS) is 24.3. The summed E-state index contributed by atoms with van der Waals surface area (Å²) in [6.07, 6.45) is 12.3. The Bertz CT molecular complexity index is 866. The molecule has 1 saturated carbocycles. The molecule has 5 rings (SSSR count). The van der Waals surface area contributed by atoms with Crippen molar-refractivity contribution in [1.82, 2.24) is 19.8 Å². The fourth-order valence-corrected chi connectivity index (χ4v) is 6.18. The standard InChI is InChI=1S/C25H37N5O2/c1-18-20-10-5-14-29(16-19-8-3-2-4-9-19)25(20)27-24(26-18)21-11-6-15-30(21)23(32)17-28-13-7-12-22(28)31/h19,21H,2-17H2,1H3/t21-/m0/s1. The lowest BCUT2D eigenvalue weighted by molar-refractivity contribution is -0.139. The van der Waals surface area contributed by atoms with E-state index in [1.54, 1.807) is 4.90 Å². The second-order valence-corrected chi connectivity index (χ2v) is 10.2. The average Bonchev–Trinajstić information content (AvgIpc) is 3.44. The summed E-state index contributed by atoms with van der Waals surface area (Å²) in [7, 11) is 0. The molecule has 32 heavy (non-hydrogen) atoms. The molecule has 0 spiro atoms. The van der Waals surface area contributed by atoms with Crippen molar-refractivity contribution in [3.8, 4) is 0 Å². The van der Waals surface area contributed by atoms with Crippen LogP contribution in [0.2, 0.25) is 0 Å². The summed E-state index contributed by atoms with van der Waals surface area (Å²) < 4.78 is 0. The number of carbonyl (C=O) groups is 2. The lowest BCUT2D eigenvalue weighted by atomic mass is 9.88. The van der Waals surface area contributed by atoms with E-state index in [4.69, 9.17) is 9.97 Å². The molecule has 2 amide bonds. The van der Waals surface area contributed by atoms with Gasteiger partial charge in [-0.3, -0.25) is 9.59 Å². The van der Waals surface area contributed by atoms with Gasteiger partial charge in [0, 0.05) is 43.9 Å². The first-order valence-corrected chi connectivity index (χ1v) is 12.8. The van der Waals surface area contributed by atoms with Gasteiger partial charge in [-0.05, 0) is 57.8 Å². The Labute approximate surface area is 191 Å². The maximum Gasteiger partial charge on any atom is 0.242 e. The van der Waals surface area contributed by atoms with Gasteiger partial charge in [0.15, 0.2) is 5.82 Å². The van der Waals surface area contributed by atoms with Crippen molar-refractivity contribution in [2.75, 3.05) is 37.6 Å². The van der Waals surface area contributed by atoms with Gasteiger partial charge in [-0.15, -0.1) is 0 Å². The van der Waals surface area contributed by atoms with Crippen LogP contribution < -0.4 is 4.90 Å². The predicted octanol–water partition coefficient (Wildman–Crippen LogP) is 3.40. The third-order valence-corrected chi connectivity index (χ3v) is 7.94. The molecule has 1 aliphatic carbocycles. The zero-order valence-corrected chi connectivity index (χ0v) is 19.5. The fourth-order valence-electron chi connectivity index (χ4n) is 6.18. The highest BCUT2D eigenvalue weighted by molar-refractivity contribution is 5.86. The third kappa shape index (κ3) is 4.35. The smallest absolute Gasteiger partial charge is 0.242 e. The predicted molar refractivity (Wildman–Crippen MR) is 123 cm³/mol. The molecule has 0 unspecified atom stereocenters. The van der Waals surface area contributed by atoms with Gasteiger partial charge < -0.3 is 14.7 Å². The molecule has 4 aliphatic rings. The van der Waals surface area contributed by atoms with Crippen LogP contribution in [0.15, 0.2) is 0 Å². The van der Waals surface area contributed by atoms with Crippen LogP contribution >= 0.6 is 0 Å². The number of amides is 2. The van der Waals surface area contributed by atoms with Crippen LogP contribution in [0.5, 0.6) is 0 Å². The molecule has 0 N–H and O–H groups in total. The first-order chi connectivity index (χ1) is 15.6. The van der Waals surface area contributed by atoms with Crippen molar-refractivity contribution in [2.45, 2.75) is 83.6 Å². The van der Waals surface area contributed by atoms with Gasteiger partial charge in [0.2, 0.25) is 11.8 Å². The average molecular weight is 440 g/mol. The molecule has 1 atom stereocenters. The van der Waals surface area contributed by atoms with Gasteiger partial charge in [-0.25, -0.2) is 9.97 Å². The summed E-state index contributed by atoms with van der Waals surface area (Å²) in [6, 6.07) is -0.0670. The van der Waals surface area contributed by atoms with Crippen LogP contribution in [0.25, 0.3) is 0 Å². The molecular weight excluding hydrogens is 402 g/mol. The number of fused-ring (bicyclic) bond motifs is 1. The summed E-state index contributed by atoms with van der Waals surface area (Å²) in [4.78, 5) is 41.3. The van der Waals surface area contributed by atoms with Crippen LogP contribution in [0.3, 0.4) is 0 Å². The molecule has 0 aromatic carbocycles. The monoisotopic (exact) mass is 439 g/mol. The molecule has 1 aromatic heterocycles. The highest BCUT2D eigenvalue weighted by Crippen LogP contribution is 2.35.